The van der Waals surface area contributed by atoms with Crippen molar-refractivity contribution in [3.8, 4) is 11.5 Å². The number of benzene rings is 4. The van der Waals surface area contributed by atoms with Gasteiger partial charge in [-0.05, 0) is 132 Å². The number of hydrogen-bond acceptors (Lipinski definition) is 2. The van der Waals surface area contributed by atoms with Gasteiger partial charge in [-0.15, -0.1) is 0 Å². The standard InChI is InChI=1S/C41H48O2/c1-28(30-9-5-3-6-10-30)32-13-17-34(18-14-32)36-21-23-40(42)38(25-36)27-39-26-37(22-24-41(39)43)35-19-15-33(16-20-35)29(2)31-11-7-4-8-12-31/h3-12,21-26,28-29,32-35,42-43H,13-20,27H2,1-2H3. The molecule has 4 aromatic rings. The van der Waals surface area contributed by atoms with Gasteiger partial charge in [0.25, 0.3) is 0 Å². The Morgan fingerprint density at radius 2 is 0.884 bits per heavy atom. The first-order valence-corrected chi connectivity index (χ1v) is 16.7. The molecule has 0 radical (unpaired) electrons. The third-order valence-electron chi connectivity index (χ3n) is 11.1. The van der Waals surface area contributed by atoms with E-state index in [1.807, 2.05) is 12.1 Å². The Bertz CT molecular complexity index is 1350. The first-order chi connectivity index (χ1) is 21.0. The molecule has 0 heterocycles. The minimum atomic E-state index is 0.329. The van der Waals surface area contributed by atoms with E-state index in [-0.39, 0.29) is 0 Å². The van der Waals surface area contributed by atoms with Gasteiger partial charge in [-0.3, -0.25) is 0 Å². The average Bonchev–Trinajstić information content (AvgIpc) is 3.07. The molecule has 0 aromatic heterocycles. The van der Waals surface area contributed by atoms with Gasteiger partial charge >= 0.3 is 0 Å². The minimum Gasteiger partial charge on any atom is -0.508 e. The zero-order chi connectivity index (χ0) is 29.8. The number of hydrogen-bond donors (Lipinski definition) is 2. The van der Waals surface area contributed by atoms with Crippen molar-refractivity contribution in [2.45, 2.75) is 95.3 Å². The quantitative estimate of drug-likeness (QED) is 0.220. The Morgan fingerprint density at radius 1 is 0.512 bits per heavy atom. The van der Waals surface area contributed by atoms with Crippen molar-refractivity contribution in [2.24, 2.45) is 11.8 Å². The fraction of sp³-hybridized carbons (Fsp3) is 0.415. The fourth-order valence-corrected chi connectivity index (χ4v) is 8.17. The van der Waals surface area contributed by atoms with Crippen molar-refractivity contribution in [1.29, 1.82) is 0 Å². The van der Waals surface area contributed by atoms with Gasteiger partial charge in [0.1, 0.15) is 11.5 Å². The molecule has 0 bridgehead atoms. The van der Waals surface area contributed by atoms with E-state index in [0.29, 0.717) is 41.6 Å². The molecule has 2 aliphatic rings. The summed E-state index contributed by atoms with van der Waals surface area (Å²) in [6, 6.07) is 34.3. The zero-order valence-electron chi connectivity index (χ0n) is 26.0. The van der Waals surface area contributed by atoms with Gasteiger partial charge < -0.3 is 10.2 Å². The Morgan fingerprint density at radius 3 is 1.26 bits per heavy atom. The van der Waals surface area contributed by atoms with Gasteiger partial charge in [0.2, 0.25) is 0 Å². The molecule has 224 valence electrons. The van der Waals surface area contributed by atoms with Gasteiger partial charge in [0.15, 0.2) is 0 Å². The number of rotatable bonds is 8. The maximum Gasteiger partial charge on any atom is 0.119 e. The van der Waals surface area contributed by atoms with Crippen molar-refractivity contribution in [2.75, 3.05) is 0 Å². The van der Waals surface area contributed by atoms with Crippen LogP contribution in [0.4, 0.5) is 0 Å². The second kappa shape index (κ2) is 13.4. The lowest BCUT2D eigenvalue weighted by Gasteiger charge is -2.33. The van der Waals surface area contributed by atoms with E-state index in [0.717, 1.165) is 23.0 Å². The summed E-state index contributed by atoms with van der Waals surface area (Å²) in [5, 5.41) is 21.7. The Hall–Kier alpha value is -3.52. The fourth-order valence-electron chi connectivity index (χ4n) is 8.17. The van der Waals surface area contributed by atoms with E-state index in [4.69, 9.17) is 0 Å². The van der Waals surface area contributed by atoms with E-state index in [1.54, 1.807) is 0 Å². The highest BCUT2D eigenvalue weighted by molar-refractivity contribution is 5.46. The molecule has 0 spiro atoms. The van der Waals surface area contributed by atoms with Crippen LogP contribution in [0.5, 0.6) is 11.5 Å². The lowest BCUT2D eigenvalue weighted by molar-refractivity contribution is 0.290. The first-order valence-electron chi connectivity index (χ1n) is 16.7. The highest BCUT2D eigenvalue weighted by Gasteiger charge is 2.29. The molecule has 2 unspecified atom stereocenters. The summed E-state index contributed by atoms with van der Waals surface area (Å²) in [7, 11) is 0. The average molecular weight is 573 g/mol. The van der Waals surface area contributed by atoms with Gasteiger partial charge in [0.05, 0.1) is 0 Å². The van der Waals surface area contributed by atoms with Crippen LogP contribution in [0.3, 0.4) is 0 Å². The number of phenolic OH excluding ortho intramolecular Hbond substituents is 2. The highest BCUT2D eigenvalue weighted by atomic mass is 16.3. The van der Waals surface area contributed by atoms with Crippen LogP contribution in [0.15, 0.2) is 97.1 Å². The Balaban J connectivity index is 1.09. The van der Waals surface area contributed by atoms with Crippen LogP contribution in [0.25, 0.3) is 0 Å². The third kappa shape index (κ3) is 6.85. The van der Waals surface area contributed by atoms with Crippen molar-refractivity contribution < 1.29 is 10.2 Å². The van der Waals surface area contributed by atoms with E-state index >= 15 is 0 Å². The molecule has 0 saturated heterocycles. The summed E-state index contributed by atoms with van der Waals surface area (Å²) < 4.78 is 0. The third-order valence-corrected chi connectivity index (χ3v) is 11.1. The second-order valence-corrected chi connectivity index (χ2v) is 13.6. The van der Waals surface area contributed by atoms with Crippen LogP contribution in [0.2, 0.25) is 0 Å². The van der Waals surface area contributed by atoms with Crippen molar-refractivity contribution in [3.63, 3.8) is 0 Å². The van der Waals surface area contributed by atoms with Crippen LogP contribution in [-0.4, -0.2) is 10.2 Å². The summed E-state index contributed by atoms with van der Waals surface area (Å²) in [4.78, 5) is 0. The van der Waals surface area contributed by atoms with E-state index < -0.39 is 0 Å². The van der Waals surface area contributed by atoms with Gasteiger partial charge in [-0.1, -0.05) is 98.8 Å². The molecule has 2 N–H and O–H groups in total. The minimum absolute atomic E-state index is 0.329. The summed E-state index contributed by atoms with van der Waals surface area (Å²) in [5.41, 5.74) is 7.42. The molecule has 2 heteroatoms. The van der Waals surface area contributed by atoms with Crippen LogP contribution in [0, 0.1) is 11.8 Å². The summed E-state index contributed by atoms with van der Waals surface area (Å²) in [6.45, 7) is 4.77. The molecule has 2 atom stereocenters. The predicted molar refractivity (Wildman–Crippen MR) is 178 cm³/mol. The molecular formula is C41H48O2. The summed E-state index contributed by atoms with van der Waals surface area (Å²) in [5.74, 6) is 4.37. The van der Waals surface area contributed by atoms with Gasteiger partial charge in [0, 0.05) is 6.42 Å². The largest absolute Gasteiger partial charge is 0.508 e. The summed E-state index contributed by atoms with van der Waals surface area (Å²) in [6.07, 6.45) is 10.3. The van der Waals surface area contributed by atoms with Gasteiger partial charge in [-0.2, -0.15) is 0 Å². The molecule has 2 saturated carbocycles. The molecule has 2 aliphatic carbocycles. The van der Waals surface area contributed by atoms with Crippen molar-refractivity contribution >= 4 is 0 Å². The Labute approximate surface area is 258 Å². The molecule has 4 aromatic carbocycles. The van der Waals surface area contributed by atoms with Crippen LogP contribution in [-0.2, 0) is 6.42 Å². The van der Waals surface area contributed by atoms with Crippen LogP contribution < -0.4 is 0 Å². The van der Waals surface area contributed by atoms with E-state index in [2.05, 4.69) is 98.8 Å². The highest BCUT2D eigenvalue weighted by Crippen LogP contribution is 2.44. The Kier molecular flexibility index (Phi) is 9.22. The van der Waals surface area contributed by atoms with E-state index in [1.165, 1.54) is 73.6 Å². The molecule has 0 amide bonds. The van der Waals surface area contributed by atoms with Crippen LogP contribution in [0.1, 0.15) is 122 Å². The van der Waals surface area contributed by atoms with Gasteiger partial charge in [-0.25, -0.2) is 0 Å². The maximum atomic E-state index is 10.8. The monoisotopic (exact) mass is 572 g/mol. The molecular weight excluding hydrogens is 524 g/mol. The lowest BCUT2D eigenvalue weighted by Crippen LogP contribution is -2.18. The molecule has 2 fully saturated rings. The topological polar surface area (TPSA) is 40.5 Å². The predicted octanol–water partition coefficient (Wildman–Crippen LogP) is 10.8. The van der Waals surface area contributed by atoms with Crippen LogP contribution >= 0.6 is 0 Å². The second-order valence-electron chi connectivity index (χ2n) is 13.6. The smallest absolute Gasteiger partial charge is 0.119 e. The SMILES string of the molecule is CC(c1ccccc1)C1CCC(c2ccc(O)c(Cc3cc(C4CCC(C(C)c5ccccc5)CC4)ccc3O)c2)CC1. The molecule has 6 rings (SSSR count). The number of aromatic hydroxyl groups is 2. The first kappa shape index (κ1) is 29.5. The molecule has 2 nitrogen and oxygen atoms in total. The van der Waals surface area contributed by atoms with Crippen molar-refractivity contribution in [1.82, 2.24) is 0 Å². The maximum absolute atomic E-state index is 10.8. The molecule has 0 aliphatic heterocycles. The molecule has 43 heavy (non-hydrogen) atoms. The lowest BCUT2D eigenvalue weighted by atomic mass is 9.72. The van der Waals surface area contributed by atoms with E-state index in [9.17, 15) is 10.2 Å². The summed E-state index contributed by atoms with van der Waals surface area (Å²) >= 11 is 0. The zero-order valence-corrected chi connectivity index (χ0v) is 26.0. The number of phenols is 2. The van der Waals surface area contributed by atoms with Crippen molar-refractivity contribution in [3.05, 3.63) is 130 Å². The normalized spacial score (nSPS) is 23.9.